The van der Waals surface area contributed by atoms with Gasteiger partial charge in [0.2, 0.25) is 5.91 Å². The second kappa shape index (κ2) is 5.64. The Balaban J connectivity index is 2.33. The maximum absolute atomic E-state index is 11.7. The van der Waals surface area contributed by atoms with E-state index in [-0.39, 0.29) is 23.5 Å². The molecule has 1 fully saturated rings. The summed E-state index contributed by atoms with van der Waals surface area (Å²) >= 11 is 0. The molecule has 0 bridgehead atoms. The minimum absolute atomic E-state index is 0.112. The summed E-state index contributed by atoms with van der Waals surface area (Å²) in [6.45, 7) is 7.41. The van der Waals surface area contributed by atoms with Crippen molar-refractivity contribution in [1.82, 2.24) is 5.32 Å². The van der Waals surface area contributed by atoms with Crippen molar-refractivity contribution < 1.29 is 9.53 Å². The van der Waals surface area contributed by atoms with Crippen LogP contribution < -0.4 is 11.1 Å². The lowest BCUT2D eigenvalue weighted by Gasteiger charge is -2.35. The van der Waals surface area contributed by atoms with Gasteiger partial charge in [-0.3, -0.25) is 4.79 Å². The van der Waals surface area contributed by atoms with E-state index >= 15 is 0 Å². The summed E-state index contributed by atoms with van der Waals surface area (Å²) in [7, 11) is 0. The molecule has 3 N–H and O–H groups in total. The van der Waals surface area contributed by atoms with Crippen molar-refractivity contribution in [2.24, 2.45) is 11.7 Å². The molecule has 1 aliphatic heterocycles. The Hall–Kier alpha value is -0.610. The fourth-order valence-corrected chi connectivity index (χ4v) is 2.04. The lowest BCUT2D eigenvalue weighted by Crippen LogP contribution is -2.46. The lowest BCUT2D eigenvalue weighted by atomic mass is 9.93. The highest BCUT2D eigenvalue weighted by Gasteiger charge is 2.29. The lowest BCUT2D eigenvalue weighted by molar-refractivity contribution is -0.124. The average molecular weight is 228 g/mol. The normalized spacial score (nSPS) is 26.1. The highest BCUT2D eigenvalue weighted by atomic mass is 16.5. The fraction of sp³-hybridized carbons (Fsp3) is 0.917. The summed E-state index contributed by atoms with van der Waals surface area (Å²) in [4.78, 5) is 11.7. The van der Waals surface area contributed by atoms with Crippen molar-refractivity contribution in [3.05, 3.63) is 0 Å². The molecule has 0 aliphatic carbocycles. The van der Waals surface area contributed by atoms with Crippen LogP contribution in [0.25, 0.3) is 0 Å². The van der Waals surface area contributed by atoms with Crippen molar-refractivity contribution in [2.75, 3.05) is 13.2 Å². The van der Waals surface area contributed by atoms with Gasteiger partial charge in [-0.15, -0.1) is 0 Å². The minimum Gasteiger partial charge on any atom is -0.375 e. The standard InChI is InChI=1S/C12H24N2O2/c1-9(8-13)6-11(15)14-10-4-5-16-12(2,3)7-10/h9-10H,4-8,13H2,1-3H3,(H,14,15). The van der Waals surface area contributed by atoms with Crippen molar-refractivity contribution in [2.45, 2.75) is 51.7 Å². The van der Waals surface area contributed by atoms with Crippen LogP contribution in [0.15, 0.2) is 0 Å². The number of carbonyl (C=O) groups excluding carboxylic acids is 1. The highest BCUT2D eigenvalue weighted by Crippen LogP contribution is 2.23. The summed E-state index contributed by atoms with van der Waals surface area (Å²) in [5, 5.41) is 3.07. The number of hydrogen-bond acceptors (Lipinski definition) is 3. The minimum atomic E-state index is -0.115. The van der Waals surface area contributed by atoms with Gasteiger partial charge in [-0.05, 0) is 39.2 Å². The molecule has 4 nitrogen and oxygen atoms in total. The molecule has 0 saturated carbocycles. The largest absolute Gasteiger partial charge is 0.375 e. The number of rotatable bonds is 4. The quantitative estimate of drug-likeness (QED) is 0.756. The van der Waals surface area contributed by atoms with E-state index in [1.165, 1.54) is 0 Å². The molecule has 1 amide bonds. The highest BCUT2D eigenvalue weighted by molar-refractivity contribution is 5.76. The number of nitrogens with one attached hydrogen (secondary N) is 1. The van der Waals surface area contributed by atoms with E-state index in [1.807, 2.05) is 6.92 Å². The van der Waals surface area contributed by atoms with Crippen molar-refractivity contribution in [3.8, 4) is 0 Å². The van der Waals surface area contributed by atoms with Gasteiger partial charge in [0.25, 0.3) is 0 Å². The third-order valence-corrected chi connectivity index (χ3v) is 3.00. The van der Waals surface area contributed by atoms with E-state index in [4.69, 9.17) is 10.5 Å². The zero-order chi connectivity index (χ0) is 12.2. The van der Waals surface area contributed by atoms with E-state index in [0.717, 1.165) is 19.4 Å². The van der Waals surface area contributed by atoms with E-state index in [0.29, 0.717) is 13.0 Å². The molecule has 16 heavy (non-hydrogen) atoms. The SMILES string of the molecule is CC(CN)CC(=O)NC1CCOC(C)(C)C1. The molecular formula is C12H24N2O2. The number of carbonyl (C=O) groups is 1. The molecule has 1 saturated heterocycles. The molecule has 4 heteroatoms. The molecule has 1 rings (SSSR count). The molecule has 0 aromatic rings. The number of ether oxygens (including phenoxy) is 1. The van der Waals surface area contributed by atoms with Gasteiger partial charge in [-0.25, -0.2) is 0 Å². The van der Waals surface area contributed by atoms with Crippen LogP contribution in [0.4, 0.5) is 0 Å². The Kier molecular flexibility index (Phi) is 4.74. The first-order valence-electron chi connectivity index (χ1n) is 6.06. The Morgan fingerprint density at radius 1 is 1.62 bits per heavy atom. The van der Waals surface area contributed by atoms with Gasteiger partial charge in [-0.2, -0.15) is 0 Å². The van der Waals surface area contributed by atoms with E-state index in [9.17, 15) is 4.79 Å². The number of hydrogen-bond donors (Lipinski definition) is 2. The Morgan fingerprint density at radius 3 is 2.88 bits per heavy atom. The molecular weight excluding hydrogens is 204 g/mol. The molecule has 0 aromatic heterocycles. The summed E-state index contributed by atoms with van der Waals surface area (Å²) in [6, 6.07) is 0.251. The van der Waals surface area contributed by atoms with Crippen molar-refractivity contribution in [1.29, 1.82) is 0 Å². The Labute approximate surface area is 97.9 Å². The van der Waals surface area contributed by atoms with E-state index in [1.54, 1.807) is 0 Å². The van der Waals surface area contributed by atoms with Crippen LogP contribution in [0.2, 0.25) is 0 Å². The Bertz CT molecular complexity index is 241. The molecule has 1 aliphatic rings. The summed E-state index contributed by atoms with van der Waals surface area (Å²) in [5.41, 5.74) is 5.38. The van der Waals surface area contributed by atoms with Crippen LogP contribution in [0, 0.1) is 5.92 Å². The van der Waals surface area contributed by atoms with E-state index in [2.05, 4.69) is 19.2 Å². The topological polar surface area (TPSA) is 64.4 Å². The van der Waals surface area contributed by atoms with Gasteiger partial charge in [-0.1, -0.05) is 6.92 Å². The second-order valence-electron chi connectivity index (χ2n) is 5.41. The summed E-state index contributed by atoms with van der Waals surface area (Å²) in [5.74, 6) is 0.369. The van der Waals surface area contributed by atoms with Crippen molar-refractivity contribution in [3.63, 3.8) is 0 Å². The Morgan fingerprint density at radius 2 is 2.31 bits per heavy atom. The molecule has 0 spiro atoms. The maximum Gasteiger partial charge on any atom is 0.220 e. The van der Waals surface area contributed by atoms with Gasteiger partial charge in [0.05, 0.1) is 5.60 Å². The third-order valence-electron chi connectivity index (χ3n) is 3.00. The predicted octanol–water partition coefficient (Wildman–Crippen LogP) is 1.05. The zero-order valence-electron chi connectivity index (χ0n) is 10.6. The van der Waals surface area contributed by atoms with Crippen LogP contribution in [-0.2, 0) is 9.53 Å². The third kappa shape index (κ3) is 4.49. The maximum atomic E-state index is 11.7. The van der Waals surface area contributed by atoms with Crippen LogP contribution in [0.5, 0.6) is 0 Å². The van der Waals surface area contributed by atoms with Crippen LogP contribution in [0.3, 0.4) is 0 Å². The van der Waals surface area contributed by atoms with Crippen LogP contribution in [-0.4, -0.2) is 30.7 Å². The molecule has 2 unspecified atom stereocenters. The first-order chi connectivity index (χ1) is 7.43. The predicted molar refractivity (Wildman–Crippen MR) is 64.0 cm³/mol. The monoisotopic (exact) mass is 228 g/mol. The van der Waals surface area contributed by atoms with Gasteiger partial charge >= 0.3 is 0 Å². The van der Waals surface area contributed by atoms with Gasteiger partial charge in [0.1, 0.15) is 0 Å². The first-order valence-corrected chi connectivity index (χ1v) is 6.06. The average Bonchev–Trinajstić information content (AvgIpc) is 2.15. The molecule has 0 radical (unpaired) electrons. The summed E-state index contributed by atoms with van der Waals surface area (Å²) in [6.07, 6.45) is 2.32. The van der Waals surface area contributed by atoms with Gasteiger partial charge < -0.3 is 15.8 Å². The summed E-state index contributed by atoms with van der Waals surface area (Å²) < 4.78 is 5.61. The van der Waals surface area contributed by atoms with E-state index < -0.39 is 0 Å². The van der Waals surface area contributed by atoms with Gasteiger partial charge in [0, 0.05) is 19.1 Å². The van der Waals surface area contributed by atoms with Gasteiger partial charge in [0.15, 0.2) is 0 Å². The molecule has 1 heterocycles. The van der Waals surface area contributed by atoms with Crippen molar-refractivity contribution >= 4 is 5.91 Å². The number of nitrogens with two attached hydrogens (primary N) is 1. The first kappa shape index (κ1) is 13.5. The van der Waals surface area contributed by atoms with Crippen LogP contribution >= 0.6 is 0 Å². The fourth-order valence-electron chi connectivity index (χ4n) is 2.04. The molecule has 0 aromatic carbocycles. The number of amides is 1. The second-order valence-corrected chi connectivity index (χ2v) is 5.41. The zero-order valence-corrected chi connectivity index (χ0v) is 10.6. The molecule has 2 atom stereocenters. The molecule has 94 valence electrons. The smallest absolute Gasteiger partial charge is 0.220 e. The van der Waals surface area contributed by atoms with Crippen LogP contribution in [0.1, 0.15) is 40.0 Å².